The molecule has 0 heterocycles. The SMILES string of the molecule is Cl.NCCCCCCNC(=O)CSSCC(=O)O. The number of carbonyl (C=O) groups excluding carboxylic acids is 1. The molecule has 1 amide bonds. The van der Waals surface area contributed by atoms with Gasteiger partial charge in [-0.05, 0) is 19.4 Å². The summed E-state index contributed by atoms with van der Waals surface area (Å²) >= 11 is 0. The lowest BCUT2D eigenvalue weighted by atomic mass is 10.2. The second kappa shape index (κ2) is 14.9. The number of carboxylic acid groups (broad SMARTS) is 1. The number of nitrogens with two attached hydrogens (primary N) is 1. The Balaban J connectivity index is 0. The molecule has 0 aromatic carbocycles. The van der Waals surface area contributed by atoms with Crippen LogP contribution in [0, 0.1) is 0 Å². The van der Waals surface area contributed by atoms with Crippen LogP contribution in [0.4, 0.5) is 0 Å². The number of hydrogen-bond acceptors (Lipinski definition) is 5. The van der Waals surface area contributed by atoms with Crippen LogP contribution in [-0.4, -0.2) is 41.6 Å². The number of hydrogen-bond donors (Lipinski definition) is 3. The summed E-state index contributed by atoms with van der Waals surface area (Å²) in [6, 6.07) is 0. The van der Waals surface area contributed by atoms with Crippen molar-refractivity contribution in [1.29, 1.82) is 0 Å². The Morgan fingerprint density at radius 3 is 2.28 bits per heavy atom. The summed E-state index contributed by atoms with van der Waals surface area (Å²) in [5.74, 6) is -0.563. The van der Waals surface area contributed by atoms with E-state index in [-0.39, 0.29) is 24.1 Å². The van der Waals surface area contributed by atoms with E-state index in [1.54, 1.807) is 0 Å². The predicted molar refractivity (Wildman–Crippen MR) is 80.3 cm³/mol. The maximum Gasteiger partial charge on any atom is 0.314 e. The minimum atomic E-state index is -0.859. The highest BCUT2D eigenvalue weighted by atomic mass is 35.5. The summed E-state index contributed by atoms with van der Waals surface area (Å²) in [7, 11) is 2.45. The van der Waals surface area contributed by atoms with Gasteiger partial charge in [0.05, 0.1) is 5.75 Å². The van der Waals surface area contributed by atoms with Crippen LogP contribution in [0.25, 0.3) is 0 Å². The number of carboxylic acids is 1. The van der Waals surface area contributed by atoms with Gasteiger partial charge in [-0.25, -0.2) is 0 Å². The number of unbranched alkanes of at least 4 members (excludes halogenated alkanes) is 3. The fourth-order valence-electron chi connectivity index (χ4n) is 1.09. The zero-order valence-corrected chi connectivity index (χ0v) is 12.7. The number of carbonyl (C=O) groups is 2. The van der Waals surface area contributed by atoms with E-state index < -0.39 is 5.97 Å². The van der Waals surface area contributed by atoms with Gasteiger partial charge in [-0.15, -0.1) is 12.4 Å². The molecule has 8 heteroatoms. The molecule has 0 bridgehead atoms. The van der Waals surface area contributed by atoms with E-state index in [0.717, 1.165) is 32.2 Å². The Morgan fingerprint density at radius 1 is 1.06 bits per heavy atom. The molecule has 0 aliphatic rings. The molecule has 0 saturated carbocycles. The first kappa shape index (κ1) is 20.2. The van der Waals surface area contributed by atoms with Gasteiger partial charge < -0.3 is 16.2 Å². The van der Waals surface area contributed by atoms with Crippen molar-refractivity contribution in [2.45, 2.75) is 25.7 Å². The first-order valence-corrected chi connectivity index (χ1v) is 8.08. The highest BCUT2D eigenvalue weighted by Gasteiger charge is 2.02. The maximum absolute atomic E-state index is 11.3. The van der Waals surface area contributed by atoms with Crippen LogP contribution in [0.1, 0.15) is 25.7 Å². The molecular formula is C10H21ClN2O3S2. The van der Waals surface area contributed by atoms with E-state index in [0.29, 0.717) is 12.3 Å². The first-order chi connectivity index (χ1) is 8.16. The molecule has 0 atom stereocenters. The lowest BCUT2D eigenvalue weighted by Crippen LogP contribution is -2.25. The van der Waals surface area contributed by atoms with Crippen molar-refractivity contribution in [2.24, 2.45) is 5.73 Å². The standard InChI is InChI=1S/C10H20N2O3S2.ClH/c11-5-3-1-2-4-6-12-9(13)7-16-17-8-10(14)15;/h1-8,11H2,(H,12,13)(H,14,15);1H. The molecular weight excluding hydrogens is 296 g/mol. The number of aliphatic carboxylic acids is 1. The summed E-state index contributed by atoms with van der Waals surface area (Å²) in [5, 5.41) is 11.2. The van der Waals surface area contributed by atoms with E-state index in [1.807, 2.05) is 0 Å². The van der Waals surface area contributed by atoms with Crippen LogP contribution in [0.3, 0.4) is 0 Å². The number of halogens is 1. The molecule has 18 heavy (non-hydrogen) atoms. The third kappa shape index (κ3) is 15.9. The molecule has 0 fully saturated rings. The normalized spacial score (nSPS) is 9.61. The van der Waals surface area contributed by atoms with Gasteiger partial charge in [0.25, 0.3) is 0 Å². The molecule has 5 nitrogen and oxygen atoms in total. The van der Waals surface area contributed by atoms with Crippen molar-refractivity contribution in [1.82, 2.24) is 5.32 Å². The third-order valence-electron chi connectivity index (χ3n) is 1.91. The Bertz CT molecular complexity index is 233. The second-order valence-corrected chi connectivity index (χ2v) is 5.93. The van der Waals surface area contributed by atoms with E-state index >= 15 is 0 Å². The van der Waals surface area contributed by atoms with Crippen LogP contribution in [0.2, 0.25) is 0 Å². The smallest absolute Gasteiger partial charge is 0.314 e. The zero-order valence-electron chi connectivity index (χ0n) is 10.2. The largest absolute Gasteiger partial charge is 0.481 e. The maximum atomic E-state index is 11.3. The number of rotatable bonds is 11. The zero-order chi connectivity index (χ0) is 12.9. The molecule has 0 aromatic heterocycles. The van der Waals surface area contributed by atoms with Crippen LogP contribution in [0.15, 0.2) is 0 Å². The molecule has 108 valence electrons. The quantitative estimate of drug-likeness (QED) is 0.395. The number of amides is 1. The van der Waals surface area contributed by atoms with E-state index in [2.05, 4.69) is 5.32 Å². The molecule has 0 saturated heterocycles. The highest BCUT2D eigenvalue weighted by Crippen LogP contribution is 2.19. The first-order valence-electron chi connectivity index (χ1n) is 5.59. The third-order valence-corrected chi connectivity index (χ3v) is 4.03. The van der Waals surface area contributed by atoms with E-state index in [4.69, 9.17) is 10.8 Å². The minimum Gasteiger partial charge on any atom is -0.481 e. The second-order valence-electron chi connectivity index (χ2n) is 3.47. The Morgan fingerprint density at radius 2 is 1.67 bits per heavy atom. The van der Waals surface area contributed by atoms with Crippen LogP contribution >= 0.6 is 34.0 Å². The van der Waals surface area contributed by atoms with Crippen molar-refractivity contribution in [3.63, 3.8) is 0 Å². The van der Waals surface area contributed by atoms with Crippen molar-refractivity contribution in [3.05, 3.63) is 0 Å². The minimum absolute atomic E-state index is 0. The molecule has 0 aromatic rings. The average Bonchev–Trinajstić information content (AvgIpc) is 2.29. The molecule has 0 aliphatic heterocycles. The highest BCUT2D eigenvalue weighted by molar-refractivity contribution is 8.77. The van der Waals surface area contributed by atoms with Gasteiger partial charge in [-0.2, -0.15) is 0 Å². The van der Waals surface area contributed by atoms with Crippen LogP contribution < -0.4 is 11.1 Å². The van der Waals surface area contributed by atoms with Gasteiger partial charge in [-0.3, -0.25) is 9.59 Å². The summed E-state index contributed by atoms with van der Waals surface area (Å²) in [6.07, 6.45) is 4.20. The van der Waals surface area contributed by atoms with Crippen molar-refractivity contribution >= 4 is 45.9 Å². The number of nitrogens with one attached hydrogen (secondary N) is 1. The van der Waals surface area contributed by atoms with Gasteiger partial charge >= 0.3 is 5.97 Å². The Hall–Kier alpha value is -0.110. The lowest BCUT2D eigenvalue weighted by molar-refractivity contribution is -0.133. The summed E-state index contributed by atoms with van der Waals surface area (Å²) in [5.41, 5.74) is 5.36. The van der Waals surface area contributed by atoms with Gasteiger partial charge in [0.15, 0.2) is 0 Å². The van der Waals surface area contributed by atoms with Crippen molar-refractivity contribution in [2.75, 3.05) is 24.6 Å². The van der Waals surface area contributed by atoms with Crippen LogP contribution in [0.5, 0.6) is 0 Å². The molecule has 0 rings (SSSR count). The van der Waals surface area contributed by atoms with Gasteiger partial charge in [0, 0.05) is 6.54 Å². The lowest BCUT2D eigenvalue weighted by Gasteiger charge is -2.04. The molecule has 0 aliphatic carbocycles. The molecule has 0 radical (unpaired) electrons. The fourth-order valence-corrected chi connectivity index (χ4v) is 2.69. The van der Waals surface area contributed by atoms with Crippen LogP contribution in [-0.2, 0) is 9.59 Å². The summed E-state index contributed by atoms with van der Waals surface area (Å²) in [6.45, 7) is 1.41. The Labute approximate surface area is 122 Å². The van der Waals surface area contributed by atoms with Gasteiger partial charge in [0.2, 0.25) is 5.91 Å². The van der Waals surface area contributed by atoms with Crippen molar-refractivity contribution in [3.8, 4) is 0 Å². The molecule has 0 unspecified atom stereocenters. The fraction of sp³-hybridized carbons (Fsp3) is 0.800. The van der Waals surface area contributed by atoms with E-state index in [1.165, 1.54) is 21.6 Å². The summed E-state index contributed by atoms with van der Waals surface area (Å²) < 4.78 is 0. The predicted octanol–water partition coefficient (Wildman–Crippen LogP) is 1.51. The van der Waals surface area contributed by atoms with E-state index in [9.17, 15) is 9.59 Å². The summed E-state index contributed by atoms with van der Waals surface area (Å²) in [4.78, 5) is 21.5. The molecule has 4 N–H and O–H groups in total. The monoisotopic (exact) mass is 316 g/mol. The molecule has 0 spiro atoms. The Kier molecular flexibility index (Phi) is 16.8. The van der Waals surface area contributed by atoms with Crippen molar-refractivity contribution < 1.29 is 14.7 Å². The topological polar surface area (TPSA) is 92.4 Å². The average molecular weight is 317 g/mol. The van der Waals surface area contributed by atoms with Gasteiger partial charge in [0.1, 0.15) is 5.75 Å². The van der Waals surface area contributed by atoms with Gasteiger partial charge in [-0.1, -0.05) is 34.4 Å².